The summed E-state index contributed by atoms with van der Waals surface area (Å²) in [5.41, 5.74) is 1.45. The maximum Gasteiger partial charge on any atom is 0.344 e. The van der Waals surface area contributed by atoms with Gasteiger partial charge < -0.3 is 9.84 Å². The second kappa shape index (κ2) is 5.04. The number of hydrogen-bond acceptors (Lipinski definition) is 4. The highest BCUT2D eigenvalue weighted by Crippen LogP contribution is 2.33. The maximum atomic E-state index is 11.8. The number of carbonyl (C=O) groups is 1. The Bertz CT molecular complexity index is 517. The van der Waals surface area contributed by atoms with E-state index in [0.717, 1.165) is 5.56 Å². The van der Waals surface area contributed by atoms with Gasteiger partial charge in [-0.15, -0.1) is 0 Å². The predicted molar refractivity (Wildman–Crippen MR) is 68.6 cm³/mol. The van der Waals surface area contributed by atoms with Gasteiger partial charge in [0.15, 0.2) is 11.9 Å². The number of carbonyl (C=O) groups excluding carboxylic acids is 1. The van der Waals surface area contributed by atoms with Crippen molar-refractivity contribution >= 4 is 11.7 Å². The van der Waals surface area contributed by atoms with E-state index in [9.17, 15) is 9.90 Å². The minimum absolute atomic E-state index is 0.0547. The van der Waals surface area contributed by atoms with E-state index in [-0.39, 0.29) is 11.3 Å². The second-order valence-electron chi connectivity index (χ2n) is 4.02. The predicted octanol–water partition coefficient (Wildman–Crippen LogP) is 2.58. The van der Waals surface area contributed by atoms with Crippen molar-refractivity contribution in [3.63, 3.8) is 0 Å². The number of rotatable bonds is 3. The van der Waals surface area contributed by atoms with E-state index in [0.29, 0.717) is 12.3 Å². The van der Waals surface area contributed by atoms with E-state index in [1.54, 1.807) is 6.92 Å². The van der Waals surface area contributed by atoms with Gasteiger partial charge >= 0.3 is 5.97 Å². The maximum absolute atomic E-state index is 11.8. The van der Waals surface area contributed by atoms with Gasteiger partial charge in [-0.05, 0) is 13.8 Å². The van der Waals surface area contributed by atoms with Crippen LogP contribution in [0.1, 0.15) is 25.5 Å². The molecule has 1 aliphatic rings. The highest BCUT2D eigenvalue weighted by Gasteiger charge is 2.36. The first-order valence-electron chi connectivity index (χ1n) is 5.85. The number of nitrogens with zero attached hydrogens (tertiary/aromatic N) is 1. The molecule has 0 saturated carbocycles. The lowest BCUT2D eigenvalue weighted by Gasteiger charge is -2.09. The van der Waals surface area contributed by atoms with Crippen LogP contribution in [0.3, 0.4) is 0 Å². The van der Waals surface area contributed by atoms with Crippen molar-refractivity contribution in [3.8, 4) is 0 Å². The van der Waals surface area contributed by atoms with E-state index in [2.05, 4.69) is 4.99 Å². The molecule has 1 atom stereocenters. The van der Waals surface area contributed by atoms with E-state index >= 15 is 0 Å². The highest BCUT2D eigenvalue weighted by molar-refractivity contribution is 6.20. The summed E-state index contributed by atoms with van der Waals surface area (Å²) in [5, 5.41) is 10.1. The minimum Gasteiger partial charge on any atom is -0.507 e. The van der Waals surface area contributed by atoms with Crippen molar-refractivity contribution in [2.45, 2.75) is 20.0 Å². The summed E-state index contributed by atoms with van der Waals surface area (Å²) in [6, 6.07) is 9.15. The quantitative estimate of drug-likeness (QED) is 0.657. The lowest BCUT2D eigenvalue weighted by atomic mass is 10.0. The summed E-state index contributed by atoms with van der Waals surface area (Å²) in [4.78, 5) is 15.9. The fraction of sp³-hybridized carbons (Fsp3) is 0.286. The largest absolute Gasteiger partial charge is 0.507 e. The van der Waals surface area contributed by atoms with Crippen molar-refractivity contribution in [2.75, 3.05) is 6.54 Å². The van der Waals surface area contributed by atoms with E-state index in [1.165, 1.54) is 0 Å². The van der Waals surface area contributed by atoms with Crippen LogP contribution < -0.4 is 0 Å². The molecule has 4 nitrogen and oxygen atoms in total. The number of esters is 1. The third kappa shape index (κ3) is 2.14. The molecule has 0 fully saturated rings. The molecule has 0 saturated heterocycles. The molecule has 0 amide bonds. The third-order valence-corrected chi connectivity index (χ3v) is 2.79. The van der Waals surface area contributed by atoms with Crippen LogP contribution >= 0.6 is 0 Å². The molecule has 0 aromatic heterocycles. The molecular formula is C14H15NO3. The highest BCUT2D eigenvalue weighted by atomic mass is 16.6. The summed E-state index contributed by atoms with van der Waals surface area (Å²) in [5.74, 6) is -0.572. The number of hydrogen-bond donors (Lipinski definition) is 1. The zero-order valence-corrected chi connectivity index (χ0v) is 10.4. The number of aliphatic hydroxyl groups is 1. The summed E-state index contributed by atoms with van der Waals surface area (Å²) >= 11 is 0. The normalized spacial score (nSPS) is 20.2. The Morgan fingerprint density at radius 3 is 2.67 bits per heavy atom. The second-order valence-corrected chi connectivity index (χ2v) is 4.02. The molecule has 0 radical (unpaired) electrons. The molecule has 18 heavy (non-hydrogen) atoms. The Labute approximate surface area is 106 Å². The topological polar surface area (TPSA) is 58.9 Å². The van der Waals surface area contributed by atoms with Crippen molar-refractivity contribution in [1.82, 2.24) is 0 Å². The molecular weight excluding hydrogens is 230 g/mol. The summed E-state index contributed by atoms with van der Waals surface area (Å²) in [6.45, 7) is 4.13. The van der Waals surface area contributed by atoms with Crippen LogP contribution in [0.5, 0.6) is 0 Å². The Kier molecular flexibility index (Phi) is 3.46. The van der Waals surface area contributed by atoms with Crippen LogP contribution in [0.25, 0.3) is 0 Å². The molecule has 2 rings (SSSR count). The monoisotopic (exact) mass is 245 g/mol. The van der Waals surface area contributed by atoms with Crippen LogP contribution in [0.2, 0.25) is 0 Å². The molecule has 1 unspecified atom stereocenters. The smallest absolute Gasteiger partial charge is 0.344 e. The van der Waals surface area contributed by atoms with Crippen LogP contribution in [0.4, 0.5) is 0 Å². The Morgan fingerprint density at radius 1 is 1.39 bits per heavy atom. The molecule has 1 aromatic rings. The molecule has 94 valence electrons. The first kappa shape index (κ1) is 12.4. The van der Waals surface area contributed by atoms with Crippen molar-refractivity contribution in [2.24, 2.45) is 4.99 Å². The zero-order valence-electron chi connectivity index (χ0n) is 10.4. The lowest BCUT2D eigenvalue weighted by Crippen LogP contribution is -2.08. The van der Waals surface area contributed by atoms with E-state index < -0.39 is 12.1 Å². The molecule has 1 heterocycles. The van der Waals surface area contributed by atoms with Crippen LogP contribution in [-0.4, -0.2) is 23.3 Å². The molecule has 4 heteroatoms. The van der Waals surface area contributed by atoms with E-state index in [1.807, 2.05) is 37.3 Å². The fourth-order valence-corrected chi connectivity index (χ4v) is 1.96. The van der Waals surface area contributed by atoms with Gasteiger partial charge in [0.1, 0.15) is 5.57 Å². The van der Waals surface area contributed by atoms with Crippen LogP contribution in [0, 0.1) is 0 Å². The first-order chi connectivity index (χ1) is 8.65. The first-order valence-corrected chi connectivity index (χ1v) is 5.85. The van der Waals surface area contributed by atoms with Gasteiger partial charge in [0.25, 0.3) is 0 Å². The van der Waals surface area contributed by atoms with Crippen LogP contribution in [0.15, 0.2) is 46.7 Å². The van der Waals surface area contributed by atoms with Crippen molar-refractivity contribution in [3.05, 3.63) is 47.2 Å². The van der Waals surface area contributed by atoms with Gasteiger partial charge in [-0.25, -0.2) is 4.79 Å². The Morgan fingerprint density at radius 2 is 2.06 bits per heavy atom. The summed E-state index contributed by atoms with van der Waals surface area (Å²) < 4.78 is 5.20. The summed E-state index contributed by atoms with van der Waals surface area (Å²) in [7, 11) is 0. The molecule has 0 bridgehead atoms. The van der Waals surface area contributed by atoms with Gasteiger partial charge in [-0.2, -0.15) is 0 Å². The number of cyclic esters (lactones) is 1. The van der Waals surface area contributed by atoms with Crippen molar-refractivity contribution in [1.29, 1.82) is 0 Å². The fourth-order valence-electron chi connectivity index (χ4n) is 1.96. The molecule has 1 aromatic carbocycles. The average Bonchev–Trinajstić information content (AvgIpc) is 2.66. The van der Waals surface area contributed by atoms with Gasteiger partial charge in [0.2, 0.25) is 0 Å². The van der Waals surface area contributed by atoms with Crippen molar-refractivity contribution < 1.29 is 14.6 Å². The number of benzene rings is 1. The standard InChI is InChI=1S/C14H15NO3/c1-3-15-9(2)11-12(16)13(18-14(11)17)10-7-5-4-6-8-10/h4-8,13,16H,3H2,1-2H3. The van der Waals surface area contributed by atoms with Gasteiger partial charge in [0.05, 0.1) is 0 Å². The van der Waals surface area contributed by atoms with Crippen LogP contribution in [-0.2, 0) is 9.53 Å². The third-order valence-electron chi connectivity index (χ3n) is 2.79. The van der Waals surface area contributed by atoms with Gasteiger partial charge in [0, 0.05) is 17.8 Å². The average molecular weight is 245 g/mol. The SMILES string of the molecule is CCN=C(C)C1=C(O)C(c2ccccc2)OC1=O. The van der Waals surface area contributed by atoms with Gasteiger partial charge in [-0.3, -0.25) is 4.99 Å². The lowest BCUT2D eigenvalue weighted by molar-refractivity contribution is -0.140. The Balaban J connectivity index is 2.39. The van der Waals surface area contributed by atoms with E-state index in [4.69, 9.17) is 4.74 Å². The molecule has 0 aliphatic carbocycles. The minimum atomic E-state index is -0.712. The number of aliphatic imine (C=N–C) groups is 1. The number of aliphatic hydroxyl groups excluding tert-OH is 1. The Hall–Kier alpha value is -2.10. The number of ether oxygens (including phenoxy) is 1. The zero-order chi connectivity index (χ0) is 13.1. The molecule has 1 N–H and O–H groups in total. The van der Waals surface area contributed by atoms with Gasteiger partial charge in [-0.1, -0.05) is 30.3 Å². The molecule has 0 spiro atoms. The summed E-state index contributed by atoms with van der Waals surface area (Å²) in [6.07, 6.45) is -0.712. The molecule has 1 aliphatic heterocycles.